The first-order chi connectivity index (χ1) is 8.44. The van der Waals surface area contributed by atoms with Crippen LogP contribution in [0.2, 0.25) is 0 Å². The number of aromatic nitrogens is 1. The molecule has 2 heterocycles. The number of nitrogen functional groups attached to an aromatic ring is 1. The average Bonchev–Trinajstić information content (AvgIpc) is 2.29. The Bertz CT molecular complexity index is 606. The highest BCUT2D eigenvalue weighted by molar-refractivity contribution is 7.91. The van der Waals surface area contributed by atoms with E-state index in [1.165, 1.54) is 6.20 Å². The van der Waals surface area contributed by atoms with Crippen LogP contribution in [0, 0.1) is 11.3 Å². The minimum absolute atomic E-state index is 0.0882. The SMILES string of the molecule is CC1CS(=O)(=O)CCN1c1nccc(C#N)c1N. The summed E-state index contributed by atoms with van der Waals surface area (Å²) < 4.78 is 23.0. The number of nitriles is 1. The van der Waals surface area contributed by atoms with Crippen molar-refractivity contribution in [1.82, 2.24) is 4.98 Å². The lowest BCUT2D eigenvalue weighted by Crippen LogP contribution is -2.47. The van der Waals surface area contributed by atoms with Crippen molar-refractivity contribution in [2.45, 2.75) is 13.0 Å². The maximum absolute atomic E-state index is 11.5. The molecule has 0 saturated carbocycles. The maximum atomic E-state index is 11.5. The van der Waals surface area contributed by atoms with E-state index in [4.69, 9.17) is 11.0 Å². The Hall–Kier alpha value is -1.81. The number of sulfone groups is 1. The second-order valence-electron chi connectivity index (χ2n) is 4.36. The molecule has 1 atom stereocenters. The third-order valence-electron chi connectivity index (χ3n) is 3.03. The molecular weight excluding hydrogens is 252 g/mol. The first kappa shape index (κ1) is 12.6. The van der Waals surface area contributed by atoms with Crippen LogP contribution in [0.5, 0.6) is 0 Å². The third-order valence-corrected chi connectivity index (χ3v) is 4.83. The van der Waals surface area contributed by atoms with Gasteiger partial charge >= 0.3 is 0 Å². The molecule has 0 aromatic carbocycles. The van der Waals surface area contributed by atoms with E-state index in [0.29, 0.717) is 23.6 Å². The largest absolute Gasteiger partial charge is 0.395 e. The molecule has 2 N–H and O–H groups in total. The molecule has 2 rings (SSSR count). The molecule has 0 radical (unpaired) electrons. The van der Waals surface area contributed by atoms with Gasteiger partial charge in [0.15, 0.2) is 15.7 Å². The number of hydrogen-bond donors (Lipinski definition) is 1. The van der Waals surface area contributed by atoms with Crippen molar-refractivity contribution >= 4 is 21.3 Å². The highest BCUT2D eigenvalue weighted by Gasteiger charge is 2.30. The number of pyridine rings is 1. The molecule has 0 bridgehead atoms. The van der Waals surface area contributed by atoms with Crippen molar-refractivity contribution in [2.75, 3.05) is 28.7 Å². The van der Waals surface area contributed by atoms with Gasteiger partial charge in [0.05, 0.1) is 22.8 Å². The smallest absolute Gasteiger partial charge is 0.154 e. The number of hydrogen-bond acceptors (Lipinski definition) is 6. The minimum atomic E-state index is -2.98. The molecule has 1 saturated heterocycles. The summed E-state index contributed by atoms with van der Waals surface area (Å²) in [6, 6.07) is 3.35. The monoisotopic (exact) mass is 266 g/mol. The Morgan fingerprint density at radius 1 is 1.61 bits per heavy atom. The summed E-state index contributed by atoms with van der Waals surface area (Å²) >= 11 is 0. The van der Waals surface area contributed by atoms with Crippen LogP contribution in [0.1, 0.15) is 12.5 Å². The summed E-state index contributed by atoms with van der Waals surface area (Å²) in [7, 11) is -2.98. The third kappa shape index (κ3) is 2.24. The molecule has 1 aliphatic heterocycles. The summed E-state index contributed by atoms with van der Waals surface area (Å²) in [5.41, 5.74) is 6.55. The molecular formula is C11H14N4O2S. The molecule has 96 valence electrons. The van der Waals surface area contributed by atoms with Crippen molar-refractivity contribution in [3.05, 3.63) is 17.8 Å². The van der Waals surface area contributed by atoms with Gasteiger partial charge in [-0.3, -0.25) is 0 Å². The van der Waals surface area contributed by atoms with Gasteiger partial charge in [-0.05, 0) is 13.0 Å². The van der Waals surface area contributed by atoms with Gasteiger partial charge in [-0.15, -0.1) is 0 Å². The fourth-order valence-corrected chi connectivity index (χ4v) is 3.66. The Morgan fingerprint density at radius 3 is 2.94 bits per heavy atom. The van der Waals surface area contributed by atoms with E-state index in [-0.39, 0.29) is 17.5 Å². The molecule has 1 fully saturated rings. The first-order valence-electron chi connectivity index (χ1n) is 5.56. The lowest BCUT2D eigenvalue weighted by molar-refractivity contribution is 0.567. The average molecular weight is 266 g/mol. The highest BCUT2D eigenvalue weighted by atomic mass is 32.2. The topological polar surface area (TPSA) is 100 Å². The molecule has 6 nitrogen and oxygen atoms in total. The van der Waals surface area contributed by atoms with Gasteiger partial charge in [-0.1, -0.05) is 0 Å². The Labute approximate surface area is 106 Å². The molecule has 1 aromatic heterocycles. The van der Waals surface area contributed by atoms with Crippen LogP contribution in [0.4, 0.5) is 11.5 Å². The van der Waals surface area contributed by atoms with E-state index in [1.807, 2.05) is 17.9 Å². The first-order valence-corrected chi connectivity index (χ1v) is 7.38. The van der Waals surface area contributed by atoms with Crippen LogP contribution < -0.4 is 10.6 Å². The normalized spacial score (nSPS) is 22.4. The lowest BCUT2D eigenvalue weighted by atomic mass is 10.2. The second kappa shape index (κ2) is 4.46. The van der Waals surface area contributed by atoms with Gasteiger partial charge < -0.3 is 10.6 Å². The fourth-order valence-electron chi connectivity index (χ4n) is 2.10. The van der Waals surface area contributed by atoms with E-state index >= 15 is 0 Å². The van der Waals surface area contributed by atoms with Crippen LogP contribution >= 0.6 is 0 Å². The molecule has 0 aliphatic carbocycles. The van der Waals surface area contributed by atoms with Crippen molar-refractivity contribution in [2.24, 2.45) is 0 Å². The number of nitrogens with two attached hydrogens (primary N) is 1. The number of anilines is 2. The van der Waals surface area contributed by atoms with Crippen LogP contribution in [-0.4, -0.2) is 37.5 Å². The van der Waals surface area contributed by atoms with Crippen molar-refractivity contribution in [3.63, 3.8) is 0 Å². The fraction of sp³-hybridized carbons (Fsp3) is 0.455. The Balaban J connectivity index is 2.37. The Morgan fingerprint density at radius 2 is 2.33 bits per heavy atom. The summed E-state index contributed by atoms with van der Waals surface area (Å²) in [6.45, 7) is 2.17. The molecule has 0 amide bonds. The van der Waals surface area contributed by atoms with Gasteiger partial charge in [0, 0.05) is 18.8 Å². The number of rotatable bonds is 1. The van der Waals surface area contributed by atoms with Gasteiger partial charge in [-0.25, -0.2) is 13.4 Å². The van der Waals surface area contributed by atoms with Crippen LogP contribution in [0.15, 0.2) is 12.3 Å². The zero-order valence-electron chi connectivity index (χ0n) is 10.00. The standard InChI is InChI=1S/C11H14N4O2S/c1-8-7-18(16,17)5-4-15(8)11-10(13)9(6-12)2-3-14-11/h2-3,8H,4-5,7,13H2,1H3. The van der Waals surface area contributed by atoms with E-state index in [1.54, 1.807) is 6.07 Å². The predicted octanol–water partition coefficient (Wildman–Crippen LogP) is 0.159. The molecule has 7 heteroatoms. The van der Waals surface area contributed by atoms with Gasteiger partial charge in [0.2, 0.25) is 0 Å². The zero-order valence-corrected chi connectivity index (χ0v) is 10.8. The summed E-state index contributed by atoms with van der Waals surface area (Å²) in [4.78, 5) is 6.01. The van der Waals surface area contributed by atoms with Gasteiger partial charge in [0.1, 0.15) is 6.07 Å². The van der Waals surface area contributed by atoms with E-state index in [0.717, 1.165) is 0 Å². The van der Waals surface area contributed by atoms with Crippen molar-refractivity contribution in [1.29, 1.82) is 5.26 Å². The van der Waals surface area contributed by atoms with Gasteiger partial charge in [0.25, 0.3) is 0 Å². The van der Waals surface area contributed by atoms with Crippen LogP contribution in [0.25, 0.3) is 0 Å². The zero-order chi connectivity index (χ0) is 13.3. The second-order valence-corrected chi connectivity index (χ2v) is 6.59. The molecule has 0 spiro atoms. The van der Waals surface area contributed by atoms with E-state index < -0.39 is 9.84 Å². The minimum Gasteiger partial charge on any atom is -0.395 e. The van der Waals surface area contributed by atoms with E-state index in [9.17, 15) is 8.42 Å². The van der Waals surface area contributed by atoms with Crippen molar-refractivity contribution < 1.29 is 8.42 Å². The predicted molar refractivity (Wildman–Crippen MR) is 68.8 cm³/mol. The van der Waals surface area contributed by atoms with Crippen LogP contribution in [-0.2, 0) is 9.84 Å². The van der Waals surface area contributed by atoms with Crippen molar-refractivity contribution in [3.8, 4) is 6.07 Å². The molecule has 1 aromatic rings. The van der Waals surface area contributed by atoms with Gasteiger partial charge in [-0.2, -0.15) is 5.26 Å². The summed E-state index contributed by atoms with van der Waals surface area (Å²) in [5.74, 6) is 0.677. The Kier molecular flexibility index (Phi) is 3.13. The summed E-state index contributed by atoms with van der Waals surface area (Å²) in [5, 5.41) is 8.92. The number of nitrogens with zero attached hydrogens (tertiary/aromatic N) is 3. The molecule has 1 unspecified atom stereocenters. The molecule has 1 aliphatic rings. The lowest BCUT2D eigenvalue weighted by Gasteiger charge is -2.34. The maximum Gasteiger partial charge on any atom is 0.154 e. The van der Waals surface area contributed by atoms with E-state index in [2.05, 4.69) is 4.98 Å². The quantitative estimate of drug-likeness (QED) is 0.777. The molecule has 18 heavy (non-hydrogen) atoms. The van der Waals surface area contributed by atoms with Crippen LogP contribution in [0.3, 0.4) is 0 Å². The summed E-state index contributed by atoms with van der Waals surface area (Å²) in [6.07, 6.45) is 1.51. The highest BCUT2D eigenvalue weighted by Crippen LogP contribution is 2.27.